The van der Waals surface area contributed by atoms with Crippen molar-refractivity contribution >= 4 is 5.69 Å². The molecule has 2 rings (SSSR count). The van der Waals surface area contributed by atoms with E-state index < -0.39 is 0 Å². The molecule has 0 amide bonds. The van der Waals surface area contributed by atoms with Crippen LogP contribution in [-0.2, 0) is 5.41 Å². The number of rotatable bonds is 5. The topological polar surface area (TPSA) is 43.1 Å². The first kappa shape index (κ1) is 14.0. The largest absolute Gasteiger partial charge is 0.269 e. The van der Waals surface area contributed by atoms with Crippen molar-refractivity contribution in [2.75, 3.05) is 0 Å². The molecule has 0 aliphatic heterocycles. The van der Waals surface area contributed by atoms with Gasteiger partial charge in [-0.25, -0.2) is 0 Å². The van der Waals surface area contributed by atoms with E-state index in [-0.39, 0.29) is 16.0 Å². The monoisotopic (exact) mass is 267 g/mol. The van der Waals surface area contributed by atoms with Crippen LogP contribution in [0.4, 0.5) is 5.69 Å². The van der Waals surface area contributed by atoms with Crippen LogP contribution < -0.4 is 0 Å². The number of hydrogen-bond acceptors (Lipinski definition) is 2. The molecule has 3 heteroatoms. The van der Waals surface area contributed by atoms with E-state index in [1.165, 1.54) is 0 Å². The standard InChI is InChI=1S/C17H17NO2/c1-3-17(4-2,14-8-6-5-7-9-14)15-10-12-16(13-11-15)18(19)20/h3,5-13H,1,4H2,2H3/t17-/m0/s1. The Labute approximate surface area is 118 Å². The molecule has 0 unspecified atom stereocenters. The Morgan fingerprint density at radius 3 is 2.10 bits per heavy atom. The molecule has 1 atom stereocenters. The predicted octanol–water partition coefficient (Wildman–Crippen LogP) is 4.48. The molecule has 0 aromatic heterocycles. The Kier molecular flexibility index (Phi) is 3.99. The van der Waals surface area contributed by atoms with Gasteiger partial charge in [0.15, 0.2) is 0 Å². The van der Waals surface area contributed by atoms with Crippen molar-refractivity contribution in [2.45, 2.75) is 18.8 Å². The van der Waals surface area contributed by atoms with E-state index >= 15 is 0 Å². The Morgan fingerprint density at radius 2 is 1.65 bits per heavy atom. The summed E-state index contributed by atoms with van der Waals surface area (Å²) in [4.78, 5) is 10.4. The van der Waals surface area contributed by atoms with Crippen molar-refractivity contribution in [1.82, 2.24) is 0 Å². The Morgan fingerprint density at radius 1 is 1.10 bits per heavy atom. The van der Waals surface area contributed by atoms with E-state index in [1.54, 1.807) is 12.1 Å². The van der Waals surface area contributed by atoms with E-state index in [2.05, 4.69) is 25.6 Å². The molecule has 2 aromatic rings. The summed E-state index contributed by atoms with van der Waals surface area (Å²) < 4.78 is 0. The molecule has 0 aliphatic carbocycles. The zero-order chi connectivity index (χ0) is 14.6. The zero-order valence-electron chi connectivity index (χ0n) is 11.5. The number of nitro groups is 1. The molecule has 0 N–H and O–H groups in total. The fourth-order valence-electron chi connectivity index (χ4n) is 2.57. The first-order valence-corrected chi connectivity index (χ1v) is 6.58. The summed E-state index contributed by atoms with van der Waals surface area (Å²) in [5, 5.41) is 10.8. The van der Waals surface area contributed by atoms with Crippen molar-refractivity contribution in [1.29, 1.82) is 0 Å². The van der Waals surface area contributed by atoms with Crippen LogP contribution in [-0.4, -0.2) is 4.92 Å². The minimum absolute atomic E-state index is 0.107. The Balaban J connectivity index is 2.53. The van der Waals surface area contributed by atoms with Gasteiger partial charge in [-0.15, -0.1) is 6.58 Å². The van der Waals surface area contributed by atoms with Gasteiger partial charge in [0.1, 0.15) is 0 Å². The van der Waals surface area contributed by atoms with Gasteiger partial charge in [-0.05, 0) is 17.5 Å². The zero-order valence-corrected chi connectivity index (χ0v) is 11.5. The van der Waals surface area contributed by atoms with Crippen LogP contribution in [0.25, 0.3) is 0 Å². The third-order valence-corrected chi connectivity index (χ3v) is 3.79. The quantitative estimate of drug-likeness (QED) is 0.455. The molecule has 0 fully saturated rings. The van der Waals surface area contributed by atoms with Crippen LogP contribution in [0.5, 0.6) is 0 Å². The number of hydrogen-bond donors (Lipinski definition) is 0. The van der Waals surface area contributed by atoms with Crippen LogP contribution in [0, 0.1) is 10.1 Å². The maximum atomic E-state index is 10.8. The fourth-order valence-corrected chi connectivity index (χ4v) is 2.57. The number of allylic oxidation sites excluding steroid dienone is 1. The normalized spacial score (nSPS) is 13.4. The third-order valence-electron chi connectivity index (χ3n) is 3.79. The van der Waals surface area contributed by atoms with Gasteiger partial charge in [-0.2, -0.15) is 0 Å². The maximum absolute atomic E-state index is 10.8. The highest BCUT2D eigenvalue weighted by atomic mass is 16.6. The molecule has 0 heterocycles. The van der Waals surface area contributed by atoms with Gasteiger partial charge < -0.3 is 0 Å². The second-order valence-electron chi connectivity index (χ2n) is 4.70. The Bertz CT molecular complexity index is 605. The van der Waals surface area contributed by atoms with E-state index in [0.717, 1.165) is 17.5 Å². The summed E-state index contributed by atoms with van der Waals surface area (Å²) in [7, 11) is 0. The molecule has 0 bridgehead atoms. The summed E-state index contributed by atoms with van der Waals surface area (Å²) in [6, 6.07) is 16.8. The fraction of sp³-hybridized carbons (Fsp3) is 0.176. The van der Waals surface area contributed by atoms with E-state index in [1.807, 2.05) is 36.4 Å². The van der Waals surface area contributed by atoms with Gasteiger partial charge in [0.2, 0.25) is 0 Å². The van der Waals surface area contributed by atoms with E-state index in [9.17, 15) is 10.1 Å². The lowest BCUT2D eigenvalue weighted by atomic mass is 9.72. The van der Waals surface area contributed by atoms with Crippen molar-refractivity contribution < 1.29 is 4.92 Å². The van der Waals surface area contributed by atoms with Gasteiger partial charge in [0.25, 0.3) is 5.69 Å². The van der Waals surface area contributed by atoms with Crippen molar-refractivity contribution in [2.24, 2.45) is 0 Å². The minimum Gasteiger partial charge on any atom is -0.258 e. The van der Waals surface area contributed by atoms with E-state index in [4.69, 9.17) is 0 Å². The summed E-state index contributed by atoms with van der Waals surface area (Å²) in [5.74, 6) is 0. The lowest BCUT2D eigenvalue weighted by molar-refractivity contribution is -0.384. The maximum Gasteiger partial charge on any atom is 0.269 e. The highest BCUT2D eigenvalue weighted by Gasteiger charge is 2.29. The summed E-state index contributed by atoms with van der Waals surface area (Å²) >= 11 is 0. The van der Waals surface area contributed by atoms with Crippen molar-refractivity contribution in [3.05, 3.63) is 88.5 Å². The lowest BCUT2D eigenvalue weighted by Crippen LogP contribution is -2.23. The molecule has 0 radical (unpaired) electrons. The third kappa shape index (κ3) is 2.35. The van der Waals surface area contributed by atoms with Crippen molar-refractivity contribution in [3.63, 3.8) is 0 Å². The number of benzene rings is 2. The summed E-state index contributed by atoms with van der Waals surface area (Å²) in [6.45, 7) is 6.07. The second-order valence-corrected chi connectivity index (χ2v) is 4.70. The number of nitrogens with zero attached hydrogens (tertiary/aromatic N) is 1. The highest BCUT2D eigenvalue weighted by Crippen LogP contribution is 2.37. The average molecular weight is 267 g/mol. The molecule has 2 aromatic carbocycles. The summed E-state index contributed by atoms with van der Waals surface area (Å²) in [5.41, 5.74) is 1.96. The van der Waals surface area contributed by atoms with Crippen LogP contribution in [0.1, 0.15) is 24.5 Å². The van der Waals surface area contributed by atoms with E-state index in [0.29, 0.717) is 0 Å². The first-order chi connectivity index (χ1) is 9.64. The molecule has 0 saturated heterocycles. The van der Waals surface area contributed by atoms with Gasteiger partial charge in [0, 0.05) is 17.5 Å². The van der Waals surface area contributed by atoms with Crippen LogP contribution >= 0.6 is 0 Å². The minimum atomic E-state index is -0.381. The van der Waals surface area contributed by atoms with Crippen LogP contribution in [0.15, 0.2) is 67.3 Å². The molecule has 20 heavy (non-hydrogen) atoms. The Hall–Kier alpha value is -2.42. The molecule has 0 saturated carbocycles. The SMILES string of the molecule is C=C[C@](CC)(c1ccccc1)c1ccc([N+](=O)[O-])cc1. The van der Waals surface area contributed by atoms with Gasteiger partial charge in [0.05, 0.1) is 4.92 Å². The molecule has 3 nitrogen and oxygen atoms in total. The lowest BCUT2D eigenvalue weighted by Gasteiger charge is -2.30. The van der Waals surface area contributed by atoms with Gasteiger partial charge >= 0.3 is 0 Å². The van der Waals surface area contributed by atoms with Crippen LogP contribution in [0.3, 0.4) is 0 Å². The molecule has 102 valence electrons. The first-order valence-electron chi connectivity index (χ1n) is 6.58. The van der Waals surface area contributed by atoms with Gasteiger partial charge in [-0.1, -0.05) is 55.5 Å². The van der Waals surface area contributed by atoms with Gasteiger partial charge in [-0.3, -0.25) is 10.1 Å². The molecule has 0 spiro atoms. The van der Waals surface area contributed by atoms with Crippen LogP contribution in [0.2, 0.25) is 0 Å². The average Bonchev–Trinajstić information content (AvgIpc) is 2.51. The predicted molar refractivity (Wildman–Crippen MR) is 80.8 cm³/mol. The second kappa shape index (κ2) is 5.70. The summed E-state index contributed by atoms with van der Waals surface area (Å²) in [6.07, 6.45) is 2.77. The smallest absolute Gasteiger partial charge is 0.258 e. The highest BCUT2D eigenvalue weighted by molar-refractivity contribution is 5.46. The molecular formula is C17H17NO2. The number of non-ortho nitro benzene ring substituents is 1. The molecule has 0 aliphatic rings. The number of nitro benzene ring substituents is 1. The van der Waals surface area contributed by atoms with Crippen molar-refractivity contribution in [3.8, 4) is 0 Å². The molecular weight excluding hydrogens is 250 g/mol.